The van der Waals surface area contributed by atoms with Crippen molar-refractivity contribution in [3.63, 3.8) is 0 Å². The van der Waals surface area contributed by atoms with E-state index in [1.54, 1.807) is 31.4 Å². The second-order valence-electron chi connectivity index (χ2n) is 6.25. The number of hydrogen-bond acceptors (Lipinski definition) is 7. The molecule has 3 rings (SSSR count). The number of nitrogens with one attached hydrogen (secondary N) is 1. The van der Waals surface area contributed by atoms with Gasteiger partial charge in [-0.05, 0) is 35.4 Å². The molecule has 1 amide bonds. The van der Waals surface area contributed by atoms with Crippen molar-refractivity contribution in [1.29, 1.82) is 0 Å². The Morgan fingerprint density at radius 2 is 1.68 bits per heavy atom. The Morgan fingerprint density at radius 3 is 2.18 bits per heavy atom. The third kappa shape index (κ3) is 3.28. The third-order valence-electron chi connectivity index (χ3n) is 4.66. The summed E-state index contributed by atoms with van der Waals surface area (Å²) in [5, 5.41) is 2.60. The lowest BCUT2D eigenvalue weighted by atomic mass is 9.83. The van der Waals surface area contributed by atoms with E-state index in [4.69, 9.17) is 24.7 Å². The normalized spacial score (nSPS) is 18.3. The topological polar surface area (TPSA) is 104 Å². The van der Waals surface area contributed by atoms with E-state index in [-0.39, 0.29) is 18.3 Å². The van der Waals surface area contributed by atoms with Crippen LogP contribution in [-0.2, 0) is 16.8 Å². The van der Waals surface area contributed by atoms with E-state index in [2.05, 4.69) is 10.3 Å². The molecule has 2 aromatic rings. The lowest BCUT2D eigenvalue weighted by Gasteiger charge is -2.25. The van der Waals surface area contributed by atoms with Crippen LogP contribution >= 0.6 is 0 Å². The number of carbonyl (C=O) groups is 1. The molecule has 0 aromatic heterocycles. The Labute approximate surface area is 163 Å². The summed E-state index contributed by atoms with van der Waals surface area (Å²) >= 11 is 0. The molecule has 0 saturated carbocycles. The predicted molar refractivity (Wildman–Crippen MR) is 104 cm³/mol. The van der Waals surface area contributed by atoms with Crippen LogP contribution in [0.15, 0.2) is 41.4 Å². The van der Waals surface area contributed by atoms with E-state index in [1.807, 2.05) is 12.1 Å². The van der Waals surface area contributed by atoms with E-state index < -0.39 is 5.54 Å². The van der Waals surface area contributed by atoms with Gasteiger partial charge in [0, 0.05) is 6.42 Å². The summed E-state index contributed by atoms with van der Waals surface area (Å²) in [6.45, 7) is 0. The molecule has 0 spiro atoms. The minimum absolute atomic E-state index is 0.0697. The van der Waals surface area contributed by atoms with Gasteiger partial charge in [0.1, 0.15) is 5.75 Å². The van der Waals surface area contributed by atoms with Crippen molar-refractivity contribution in [3.05, 3.63) is 47.5 Å². The first-order valence-electron chi connectivity index (χ1n) is 8.57. The van der Waals surface area contributed by atoms with Crippen LogP contribution in [0, 0.1) is 0 Å². The fraction of sp³-hybridized carbons (Fsp3) is 0.300. The Bertz CT molecular complexity index is 903. The van der Waals surface area contributed by atoms with Gasteiger partial charge in [0.2, 0.25) is 5.75 Å². The third-order valence-corrected chi connectivity index (χ3v) is 4.66. The maximum Gasteiger partial charge on any atom is 0.259 e. The van der Waals surface area contributed by atoms with Crippen molar-refractivity contribution in [1.82, 2.24) is 5.32 Å². The van der Waals surface area contributed by atoms with E-state index in [0.717, 1.165) is 5.56 Å². The molecule has 1 heterocycles. The summed E-state index contributed by atoms with van der Waals surface area (Å²) in [6.07, 6.45) is 0.239. The highest BCUT2D eigenvalue weighted by atomic mass is 16.5. The molecule has 1 aliphatic rings. The standard InChI is InChI=1S/C20H23N3O5/c1-25-14-7-5-6-13(10-14)20(18(24)22-19(21)23-20)11-12-8-15(26-2)17(28-4)16(9-12)27-3/h5-10H,11H2,1-4H3,(H3,21,22,23,24)/t20-/m1/s1. The number of nitrogens with zero attached hydrogens (tertiary/aromatic N) is 1. The van der Waals surface area contributed by atoms with Gasteiger partial charge in [-0.1, -0.05) is 12.1 Å². The van der Waals surface area contributed by atoms with Crippen molar-refractivity contribution in [3.8, 4) is 23.0 Å². The van der Waals surface area contributed by atoms with Gasteiger partial charge in [-0.15, -0.1) is 0 Å². The van der Waals surface area contributed by atoms with Crippen molar-refractivity contribution in [2.24, 2.45) is 10.7 Å². The highest BCUT2D eigenvalue weighted by Crippen LogP contribution is 2.41. The number of benzene rings is 2. The van der Waals surface area contributed by atoms with Gasteiger partial charge in [0.05, 0.1) is 28.4 Å². The van der Waals surface area contributed by atoms with Crippen LogP contribution in [0.2, 0.25) is 0 Å². The number of ether oxygens (including phenoxy) is 4. The second kappa shape index (κ2) is 7.67. The zero-order chi connectivity index (χ0) is 20.3. The highest BCUT2D eigenvalue weighted by Gasteiger charge is 2.45. The average Bonchev–Trinajstić information content (AvgIpc) is 3.00. The van der Waals surface area contributed by atoms with Gasteiger partial charge in [-0.25, -0.2) is 4.99 Å². The Hall–Kier alpha value is -3.42. The minimum Gasteiger partial charge on any atom is -0.497 e. The molecule has 0 bridgehead atoms. The molecule has 0 radical (unpaired) electrons. The van der Waals surface area contributed by atoms with Crippen LogP contribution in [-0.4, -0.2) is 40.3 Å². The van der Waals surface area contributed by atoms with Crippen LogP contribution in [0.4, 0.5) is 0 Å². The Kier molecular flexibility index (Phi) is 5.30. The monoisotopic (exact) mass is 385 g/mol. The van der Waals surface area contributed by atoms with Crippen molar-refractivity contribution >= 4 is 11.9 Å². The molecule has 0 saturated heterocycles. The van der Waals surface area contributed by atoms with Crippen LogP contribution in [0.5, 0.6) is 23.0 Å². The Morgan fingerprint density at radius 1 is 1.00 bits per heavy atom. The smallest absolute Gasteiger partial charge is 0.259 e. The maximum atomic E-state index is 12.9. The molecule has 148 valence electrons. The number of nitrogens with two attached hydrogens (primary N) is 1. The largest absolute Gasteiger partial charge is 0.497 e. The number of amides is 1. The van der Waals surface area contributed by atoms with Gasteiger partial charge < -0.3 is 24.7 Å². The zero-order valence-corrected chi connectivity index (χ0v) is 16.2. The molecule has 1 atom stereocenters. The van der Waals surface area contributed by atoms with Crippen LogP contribution in [0.25, 0.3) is 0 Å². The summed E-state index contributed by atoms with van der Waals surface area (Å²) < 4.78 is 21.5. The molecule has 0 fully saturated rings. The molecule has 28 heavy (non-hydrogen) atoms. The van der Waals surface area contributed by atoms with Crippen molar-refractivity contribution in [2.75, 3.05) is 28.4 Å². The summed E-state index contributed by atoms with van der Waals surface area (Å²) in [7, 11) is 6.18. The van der Waals surface area contributed by atoms with E-state index in [0.29, 0.717) is 28.6 Å². The molecule has 8 heteroatoms. The summed E-state index contributed by atoms with van der Waals surface area (Å²) in [4.78, 5) is 17.4. The quantitative estimate of drug-likeness (QED) is 0.750. The lowest BCUT2D eigenvalue weighted by Crippen LogP contribution is -2.40. The van der Waals surface area contributed by atoms with E-state index >= 15 is 0 Å². The second-order valence-corrected chi connectivity index (χ2v) is 6.25. The van der Waals surface area contributed by atoms with Gasteiger partial charge in [0.25, 0.3) is 5.91 Å². The van der Waals surface area contributed by atoms with Crippen LogP contribution < -0.4 is 30.0 Å². The lowest BCUT2D eigenvalue weighted by molar-refractivity contribution is -0.124. The number of guanidine groups is 1. The first kappa shape index (κ1) is 19.3. The molecular formula is C20H23N3O5. The number of methoxy groups -OCH3 is 4. The number of aliphatic imine (C=N–C) groups is 1. The summed E-state index contributed by atoms with van der Waals surface area (Å²) in [5.41, 5.74) is 6.04. The Balaban J connectivity index is 2.13. The van der Waals surface area contributed by atoms with Crippen LogP contribution in [0.1, 0.15) is 11.1 Å². The maximum absolute atomic E-state index is 12.9. The predicted octanol–water partition coefficient (Wildman–Crippen LogP) is 1.60. The minimum atomic E-state index is -1.23. The highest BCUT2D eigenvalue weighted by molar-refractivity contribution is 6.07. The average molecular weight is 385 g/mol. The number of hydrogen-bond donors (Lipinski definition) is 2. The van der Waals surface area contributed by atoms with Gasteiger partial charge in [0.15, 0.2) is 23.0 Å². The zero-order valence-electron chi connectivity index (χ0n) is 16.2. The van der Waals surface area contributed by atoms with Crippen molar-refractivity contribution < 1.29 is 23.7 Å². The summed E-state index contributed by atoms with van der Waals surface area (Å²) in [5.74, 6) is 1.84. The van der Waals surface area contributed by atoms with E-state index in [1.165, 1.54) is 21.3 Å². The molecule has 3 N–H and O–H groups in total. The molecule has 8 nitrogen and oxygen atoms in total. The molecule has 0 aliphatic carbocycles. The fourth-order valence-corrected chi connectivity index (χ4v) is 3.33. The van der Waals surface area contributed by atoms with E-state index in [9.17, 15) is 4.79 Å². The van der Waals surface area contributed by atoms with Gasteiger partial charge in [-0.3, -0.25) is 10.1 Å². The first-order valence-corrected chi connectivity index (χ1v) is 8.57. The van der Waals surface area contributed by atoms with Crippen molar-refractivity contribution in [2.45, 2.75) is 12.0 Å². The SMILES string of the molecule is COc1cccc([C@@]2(Cc3cc(OC)c(OC)c(OC)c3)N=C(N)NC2=O)c1. The molecule has 2 aromatic carbocycles. The van der Waals surface area contributed by atoms with Gasteiger partial charge in [-0.2, -0.15) is 0 Å². The molecule has 0 unspecified atom stereocenters. The van der Waals surface area contributed by atoms with Crippen LogP contribution in [0.3, 0.4) is 0 Å². The fourth-order valence-electron chi connectivity index (χ4n) is 3.33. The number of rotatable bonds is 7. The number of carbonyl (C=O) groups excluding carboxylic acids is 1. The van der Waals surface area contributed by atoms with Gasteiger partial charge >= 0.3 is 0 Å². The summed E-state index contributed by atoms with van der Waals surface area (Å²) in [6, 6.07) is 10.8. The molecular weight excluding hydrogens is 362 g/mol. The first-order chi connectivity index (χ1) is 13.5. The molecule has 1 aliphatic heterocycles.